The third-order valence-corrected chi connectivity index (χ3v) is 3.15. The molecule has 2 aromatic rings. The van der Waals surface area contributed by atoms with Crippen LogP contribution in [0.4, 0.5) is 11.6 Å². The number of aromatic nitrogens is 2. The molecule has 0 saturated heterocycles. The van der Waals surface area contributed by atoms with Crippen LogP contribution in [0.5, 0.6) is 0 Å². The molecule has 1 aromatic carbocycles. The van der Waals surface area contributed by atoms with E-state index in [9.17, 15) is 9.59 Å². The zero-order valence-corrected chi connectivity index (χ0v) is 14.2. The molecule has 0 aliphatic heterocycles. The molecule has 0 bridgehead atoms. The van der Waals surface area contributed by atoms with E-state index in [4.69, 9.17) is 4.74 Å². The summed E-state index contributed by atoms with van der Waals surface area (Å²) in [4.78, 5) is 32.1. The van der Waals surface area contributed by atoms with Gasteiger partial charge in [-0.2, -0.15) is 0 Å². The van der Waals surface area contributed by atoms with Crippen molar-refractivity contribution in [2.75, 3.05) is 18.5 Å². The third kappa shape index (κ3) is 5.13. The van der Waals surface area contributed by atoms with E-state index in [0.29, 0.717) is 36.0 Å². The second kappa shape index (κ2) is 8.58. The summed E-state index contributed by atoms with van der Waals surface area (Å²) >= 11 is 0. The summed E-state index contributed by atoms with van der Waals surface area (Å²) < 4.78 is 4.94. The van der Waals surface area contributed by atoms with Crippen LogP contribution in [0, 0.1) is 6.92 Å². The number of benzene rings is 1. The molecule has 0 spiro atoms. The molecule has 0 saturated carbocycles. The topological polar surface area (TPSA) is 93.2 Å². The van der Waals surface area contributed by atoms with E-state index in [0.717, 1.165) is 0 Å². The predicted octanol–water partition coefficient (Wildman–Crippen LogP) is 2.62. The fourth-order valence-corrected chi connectivity index (χ4v) is 2.03. The number of amides is 1. The number of anilines is 2. The second-order valence-electron chi connectivity index (χ2n) is 5.14. The molecule has 0 unspecified atom stereocenters. The summed E-state index contributed by atoms with van der Waals surface area (Å²) in [6.07, 6.45) is 1.59. The molecule has 7 heteroatoms. The monoisotopic (exact) mass is 340 g/mol. The molecule has 0 radical (unpaired) electrons. The Hall–Kier alpha value is -3.22. The van der Waals surface area contributed by atoms with E-state index in [2.05, 4.69) is 27.2 Å². The molecule has 1 amide bonds. The number of carbonyl (C=O) groups excluding carboxylic acids is 2. The molecular weight excluding hydrogens is 320 g/mol. The van der Waals surface area contributed by atoms with Gasteiger partial charge in [-0.25, -0.2) is 14.8 Å². The molecule has 7 nitrogen and oxygen atoms in total. The fourth-order valence-electron chi connectivity index (χ4n) is 2.03. The Bertz CT molecular complexity index is 772. The van der Waals surface area contributed by atoms with Gasteiger partial charge in [0.05, 0.1) is 12.2 Å². The number of aryl methyl sites for hydroxylation is 1. The molecule has 1 aromatic heterocycles. The Morgan fingerprint density at radius 1 is 1.24 bits per heavy atom. The Morgan fingerprint density at radius 2 is 1.96 bits per heavy atom. The zero-order valence-electron chi connectivity index (χ0n) is 14.2. The van der Waals surface area contributed by atoms with E-state index < -0.39 is 0 Å². The van der Waals surface area contributed by atoms with Crippen LogP contribution in [0.3, 0.4) is 0 Å². The van der Waals surface area contributed by atoms with Gasteiger partial charge in [-0.1, -0.05) is 6.08 Å². The van der Waals surface area contributed by atoms with E-state index in [1.807, 2.05) is 0 Å². The van der Waals surface area contributed by atoms with Crippen molar-refractivity contribution in [1.82, 2.24) is 15.3 Å². The third-order valence-electron chi connectivity index (χ3n) is 3.15. The van der Waals surface area contributed by atoms with Gasteiger partial charge in [0.15, 0.2) is 0 Å². The summed E-state index contributed by atoms with van der Waals surface area (Å²) in [5.41, 5.74) is 2.07. The molecule has 130 valence electrons. The summed E-state index contributed by atoms with van der Waals surface area (Å²) in [5.74, 6) is -0.374. The minimum absolute atomic E-state index is 0.264. The highest BCUT2D eigenvalue weighted by molar-refractivity contribution is 5.93. The van der Waals surface area contributed by atoms with Crippen molar-refractivity contribution in [1.29, 1.82) is 0 Å². The predicted molar refractivity (Wildman–Crippen MR) is 95.0 cm³/mol. The normalized spacial score (nSPS) is 10.0. The first-order valence-corrected chi connectivity index (χ1v) is 7.82. The van der Waals surface area contributed by atoms with Gasteiger partial charge in [-0.15, -0.1) is 6.58 Å². The minimum atomic E-state index is -0.373. The van der Waals surface area contributed by atoms with Gasteiger partial charge in [0.1, 0.15) is 5.69 Å². The Kier molecular flexibility index (Phi) is 6.22. The van der Waals surface area contributed by atoms with Gasteiger partial charge < -0.3 is 15.4 Å². The summed E-state index contributed by atoms with van der Waals surface area (Å²) in [5, 5.41) is 5.69. The molecule has 0 atom stereocenters. The Labute approximate surface area is 146 Å². The number of hydrogen-bond donors (Lipinski definition) is 2. The number of nitrogens with zero attached hydrogens (tertiary/aromatic N) is 2. The molecule has 2 N–H and O–H groups in total. The lowest BCUT2D eigenvalue weighted by atomic mass is 10.2. The first-order chi connectivity index (χ1) is 12.0. The van der Waals surface area contributed by atoms with Crippen LogP contribution in [0.15, 0.2) is 43.0 Å². The largest absolute Gasteiger partial charge is 0.462 e. The average molecular weight is 340 g/mol. The molecule has 0 aliphatic rings. The first-order valence-electron chi connectivity index (χ1n) is 7.82. The standard InChI is InChI=1S/C18H20N4O3/c1-4-10-19-16(23)15-11-12(3)20-18(22-15)21-14-8-6-13(7-9-14)17(24)25-5-2/h4,6-9,11H,1,5,10H2,2-3H3,(H,19,23)(H,20,21,22). The fraction of sp³-hybridized carbons (Fsp3) is 0.222. The van der Waals surface area contributed by atoms with Crippen molar-refractivity contribution >= 4 is 23.5 Å². The number of carbonyl (C=O) groups is 2. The van der Waals surface area contributed by atoms with Crippen molar-refractivity contribution < 1.29 is 14.3 Å². The number of nitrogens with one attached hydrogen (secondary N) is 2. The quantitative estimate of drug-likeness (QED) is 0.594. The smallest absolute Gasteiger partial charge is 0.338 e. The van der Waals surface area contributed by atoms with Crippen LogP contribution in [-0.4, -0.2) is 35.0 Å². The molecule has 2 rings (SSSR count). The van der Waals surface area contributed by atoms with E-state index in [1.165, 1.54) is 0 Å². The van der Waals surface area contributed by atoms with Crippen LogP contribution in [0.25, 0.3) is 0 Å². The van der Waals surface area contributed by atoms with Gasteiger partial charge in [0.25, 0.3) is 5.91 Å². The minimum Gasteiger partial charge on any atom is -0.462 e. The molecule has 1 heterocycles. The maximum absolute atomic E-state index is 12.0. The van der Waals surface area contributed by atoms with Crippen LogP contribution in [0.1, 0.15) is 33.5 Å². The highest BCUT2D eigenvalue weighted by atomic mass is 16.5. The number of ether oxygens (including phenoxy) is 1. The number of hydrogen-bond acceptors (Lipinski definition) is 6. The van der Waals surface area contributed by atoms with Crippen LogP contribution < -0.4 is 10.6 Å². The SMILES string of the molecule is C=CCNC(=O)c1cc(C)nc(Nc2ccc(C(=O)OCC)cc2)n1. The molecule has 25 heavy (non-hydrogen) atoms. The highest BCUT2D eigenvalue weighted by Gasteiger charge is 2.10. The van der Waals surface area contributed by atoms with Gasteiger partial charge in [-0.05, 0) is 44.2 Å². The summed E-state index contributed by atoms with van der Waals surface area (Å²) in [6.45, 7) is 7.78. The zero-order chi connectivity index (χ0) is 18.2. The van der Waals surface area contributed by atoms with Crippen LogP contribution in [-0.2, 0) is 4.74 Å². The Balaban J connectivity index is 2.14. The molecule has 0 fully saturated rings. The van der Waals surface area contributed by atoms with Crippen molar-refractivity contribution in [3.63, 3.8) is 0 Å². The maximum Gasteiger partial charge on any atom is 0.338 e. The Morgan fingerprint density at radius 3 is 2.60 bits per heavy atom. The molecular formula is C18H20N4O3. The van der Waals surface area contributed by atoms with Gasteiger partial charge in [-0.3, -0.25) is 4.79 Å². The van der Waals surface area contributed by atoms with Crippen molar-refractivity contribution in [2.45, 2.75) is 13.8 Å². The van der Waals surface area contributed by atoms with E-state index >= 15 is 0 Å². The average Bonchev–Trinajstić information content (AvgIpc) is 2.60. The second-order valence-corrected chi connectivity index (χ2v) is 5.14. The van der Waals surface area contributed by atoms with Gasteiger partial charge >= 0.3 is 5.97 Å². The van der Waals surface area contributed by atoms with Crippen LogP contribution >= 0.6 is 0 Å². The van der Waals surface area contributed by atoms with Crippen molar-refractivity contribution in [3.05, 3.63) is 59.9 Å². The van der Waals surface area contributed by atoms with E-state index in [1.54, 1.807) is 50.3 Å². The van der Waals surface area contributed by atoms with E-state index in [-0.39, 0.29) is 17.6 Å². The van der Waals surface area contributed by atoms with Crippen LogP contribution in [0.2, 0.25) is 0 Å². The molecule has 0 aliphatic carbocycles. The number of esters is 1. The summed E-state index contributed by atoms with van der Waals surface area (Å²) in [7, 11) is 0. The lowest BCUT2D eigenvalue weighted by molar-refractivity contribution is 0.0526. The van der Waals surface area contributed by atoms with Crippen molar-refractivity contribution in [3.8, 4) is 0 Å². The van der Waals surface area contributed by atoms with Crippen molar-refractivity contribution in [2.24, 2.45) is 0 Å². The van der Waals surface area contributed by atoms with Gasteiger partial charge in [0.2, 0.25) is 5.95 Å². The number of rotatable bonds is 7. The summed E-state index contributed by atoms with van der Waals surface area (Å²) in [6, 6.07) is 8.33. The first kappa shape index (κ1) is 18.1. The lowest BCUT2D eigenvalue weighted by Gasteiger charge is -2.09. The highest BCUT2D eigenvalue weighted by Crippen LogP contribution is 2.15. The lowest BCUT2D eigenvalue weighted by Crippen LogP contribution is -2.24. The van der Waals surface area contributed by atoms with Gasteiger partial charge in [0, 0.05) is 17.9 Å². The maximum atomic E-state index is 12.0.